The molecule has 0 fully saturated rings. The van der Waals surface area contributed by atoms with Gasteiger partial charge in [-0.2, -0.15) is 13.2 Å². The molecule has 0 radical (unpaired) electrons. The molecule has 0 amide bonds. The van der Waals surface area contributed by atoms with E-state index >= 15 is 0 Å². The van der Waals surface area contributed by atoms with Crippen molar-refractivity contribution in [3.8, 4) is 0 Å². The Bertz CT molecular complexity index is 469. The minimum atomic E-state index is -4.67. The average molecular weight is 320 g/mol. The molecule has 0 spiro atoms. The second kappa shape index (κ2) is 8.14. The Morgan fingerprint density at radius 2 is 1.77 bits per heavy atom. The zero-order valence-electron chi connectivity index (χ0n) is 12.6. The van der Waals surface area contributed by atoms with Gasteiger partial charge in [-0.15, -0.1) is 0 Å². The number of carbonyl (C=O) groups is 1. The van der Waals surface area contributed by atoms with Crippen molar-refractivity contribution in [3.05, 3.63) is 35.4 Å². The number of hydrogen-bond donors (Lipinski definition) is 0. The molecule has 7 heteroatoms. The van der Waals surface area contributed by atoms with Crippen LogP contribution in [-0.4, -0.2) is 26.0 Å². The van der Waals surface area contributed by atoms with Gasteiger partial charge in [-0.05, 0) is 5.56 Å². The van der Waals surface area contributed by atoms with Gasteiger partial charge in [0.2, 0.25) is 6.10 Å². The van der Waals surface area contributed by atoms with Gasteiger partial charge in [0.1, 0.15) is 6.79 Å². The van der Waals surface area contributed by atoms with Gasteiger partial charge in [0.15, 0.2) is 0 Å². The quantitative estimate of drug-likeness (QED) is 0.437. The summed E-state index contributed by atoms with van der Waals surface area (Å²) in [7, 11) is 1.47. The largest absolute Gasteiger partial charge is 0.448 e. The average Bonchev–Trinajstić information content (AvgIpc) is 2.44. The van der Waals surface area contributed by atoms with Crippen LogP contribution in [0.4, 0.5) is 13.2 Å². The smallest absolute Gasteiger partial charge is 0.429 e. The zero-order valence-corrected chi connectivity index (χ0v) is 12.6. The van der Waals surface area contributed by atoms with Crippen LogP contribution < -0.4 is 0 Å². The predicted molar refractivity (Wildman–Crippen MR) is 72.8 cm³/mol. The standard InChI is InChI=1S/C15H19F3O4/c1-10(2)14(19)22-13(15(16,17)18)12-6-4-11(5-7-12)8-21-9-20-3/h4-7,10,13H,8-9H2,1-3H3. The lowest BCUT2D eigenvalue weighted by atomic mass is 10.1. The van der Waals surface area contributed by atoms with Crippen molar-refractivity contribution in [1.82, 2.24) is 0 Å². The van der Waals surface area contributed by atoms with Crippen molar-refractivity contribution in [2.45, 2.75) is 32.7 Å². The molecule has 1 rings (SSSR count). The van der Waals surface area contributed by atoms with Crippen LogP contribution in [-0.2, 0) is 25.6 Å². The van der Waals surface area contributed by atoms with Gasteiger partial charge >= 0.3 is 12.1 Å². The first-order valence-corrected chi connectivity index (χ1v) is 6.68. The molecule has 22 heavy (non-hydrogen) atoms. The van der Waals surface area contributed by atoms with Gasteiger partial charge in [0.05, 0.1) is 12.5 Å². The maximum atomic E-state index is 13.1. The van der Waals surface area contributed by atoms with Crippen LogP contribution in [0.15, 0.2) is 24.3 Å². The first kappa shape index (κ1) is 18.4. The lowest BCUT2D eigenvalue weighted by Crippen LogP contribution is -2.27. The van der Waals surface area contributed by atoms with Crippen LogP contribution in [0.3, 0.4) is 0 Å². The van der Waals surface area contributed by atoms with Gasteiger partial charge in [-0.1, -0.05) is 38.1 Å². The molecular formula is C15H19F3O4. The highest BCUT2D eigenvalue weighted by atomic mass is 19.4. The molecule has 1 aromatic rings. The normalized spacial score (nSPS) is 13.2. The summed E-state index contributed by atoms with van der Waals surface area (Å²) in [6.07, 6.45) is -6.94. The Balaban J connectivity index is 2.84. The highest BCUT2D eigenvalue weighted by molar-refractivity contribution is 5.71. The molecule has 0 aliphatic carbocycles. The monoisotopic (exact) mass is 320 g/mol. The first-order valence-electron chi connectivity index (χ1n) is 6.68. The number of carbonyl (C=O) groups excluding carboxylic acids is 1. The molecule has 0 bridgehead atoms. The summed E-state index contributed by atoms with van der Waals surface area (Å²) in [4.78, 5) is 11.5. The highest BCUT2D eigenvalue weighted by Gasteiger charge is 2.44. The number of methoxy groups -OCH3 is 1. The van der Waals surface area contributed by atoms with Gasteiger partial charge in [0.25, 0.3) is 0 Å². The number of rotatable bonds is 7. The van der Waals surface area contributed by atoms with Crippen molar-refractivity contribution in [2.75, 3.05) is 13.9 Å². The number of ether oxygens (including phenoxy) is 3. The molecule has 0 saturated heterocycles. The molecule has 1 unspecified atom stereocenters. The fourth-order valence-corrected chi connectivity index (χ4v) is 1.61. The van der Waals surface area contributed by atoms with E-state index in [0.29, 0.717) is 5.56 Å². The van der Waals surface area contributed by atoms with E-state index in [1.165, 1.54) is 45.2 Å². The molecule has 124 valence electrons. The van der Waals surface area contributed by atoms with Gasteiger partial charge in [-0.3, -0.25) is 4.79 Å². The van der Waals surface area contributed by atoms with E-state index in [4.69, 9.17) is 9.47 Å². The SMILES string of the molecule is COCOCc1ccc(C(OC(=O)C(C)C)C(F)(F)F)cc1. The molecular weight excluding hydrogens is 301 g/mol. The van der Waals surface area contributed by atoms with E-state index in [9.17, 15) is 18.0 Å². The van der Waals surface area contributed by atoms with Crippen LogP contribution in [0.5, 0.6) is 0 Å². The van der Waals surface area contributed by atoms with E-state index in [-0.39, 0.29) is 19.0 Å². The minimum Gasteiger partial charge on any atom is -0.448 e. The third-order valence-electron chi connectivity index (χ3n) is 2.76. The Morgan fingerprint density at radius 3 is 2.23 bits per heavy atom. The number of esters is 1. The zero-order chi connectivity index (χ0) is 16.8. The first-order chi connectivity index (χ1) is 10.3. The lowest BCUT2D eigenvalue weighted by Gasteiger charge is -2.22. The Morgan fingerprint density at radius 1 is 1.18 bits per heavy atom. The maximum absolute atomic E-state index is 13.1. The van der Waals surface area contributed by atoms with Gasteiger partial charge in [0, 0.05) is 12.7 Å². The van der Waals surface area contributed by atoms with Crippen molar-refractivity contribution >= 4 is 5.97 Å². The van der Waals surface area contributed by atoms with Crippen LogP contribution >= 0.6 is 0 Å². The third-order valence-corrected chi connectivity index (χ3v) is 2.76. The molecule has 0 saturated carbocycles. The summed E-state index contributed by atoms with van der Waals surface area (Å²) in [6.45, 7) is 3.27. The van der Waals surface area contributed by atoms with E-state index in [0.717, 1.165) is 0 Å². The summed E-state index contributed by atoms with van der Waals surface area (Å²) in [6, 6.07) is 5.54. The number of hydrogen-bond acceptors (Lipinski definition) is 4. The molecule has 0 aliphatic heterocycles. The molecule has 0 N–H and O–H groups in total. The van der Waals surface area contributed by atoms with Crippen LogP contribution in [0.2, 0.25) is 0 Å². The lowest BCUT2D eigenvalue weighted by molar-refractivity contribution is -0.225. The van der Waals surface area contributed by atoms with E-state index < -0.39 is 24.2 Å². The van der Waals surface area contributed by atoms with E-state index in [1.54, 1.807) is 0 Å². The van der Waals surface area contributed by atoms with E-state index in [2.05, 4.69) is 4.74 Å². The second-order valence-corrected chi connectivity index (χ2v) is 5.01. The highest BCUT2D eigenvalue weighted by Crippen LogP contribution is 2.36. The molecule has 1 aromatic carbocycles. The third kappa shape index (κ3) is 5.65. The Labute approximate surface area is 127 Å². The van der Waals surface area contributed by atoms with Crippen LogP contribution in [0.25, 0.3) is 0 Å². The summed E-state index contributed by atoms with van der Waals surface area (Å²) < 4.78 is 53.6. The summed E-state index contributed by atoms with van der Waals surface area (Å²) in [5.74, 6) is -1.53. The number of alkyl halides is 3. The van der Waals surface area contributed by atoms with Gasteiger partial charge < -0.3 is 14.2 Å². The molecule has 1 atom stereocenters. The van der Waals surface area contributed by atoms with Crippen molar-refractivity contribution in [1.29, 1.82) is 0 Å². The molecule has 0 aliphatic rings. The summed E-state index contributed by atoms with van der Waals surface area (Å²) in [5, 5.41) is 0. The summed E-state index contributed by atoms with van der Waals surface area (Å²) >= 11 is 0. The number of halogens is 3. The molecule has 0 heterocycles. The molecule has 0 aromatic heterocycles. The fraction of sp³-hybridized carbons (Fsp3) is 0.533. The van der Waals surface area contributed by atoms with E-state index in [1.807, 2.05) is 0 Å². The van der Waals surface area contributed by atoms with Gasteiger partial charge in [-0.25, -0.2) is 0 Å². The fourth-order valence-electron chi connectivity index (χ4n) is 1.61. The summed E-state index contributed by atoms with van der Waals surface area (Å²) in [5.41, 5.74) is 0.564. The van der Waals surface area contributed by atoms with Crippen LogP contribution in [0.1, 0.15) is 31.1 Å². The predicted octanol–water partition coefficient (Wildman–Crippen LogP) is 3.61. The van der Waals surface area contributed by atoms with Crippen molar-refractivity contribution in [3.63, 3.8) is 0 Å². The Hall–Kier alpha value is -1.60. The van der Waals surface area contributed by atoms with Crippen LogP contribution in [0, 0.1) is 5.92 Å². The minimum absolute atomic E-state index is 0.0962. The molecule has 4 nitrogen and oxygen atoms in total. The number of benzene rings is 1. The second-order valence-electron chi connectivity index (χ2n) is 5.01. The van der Waals surface area contributed by atoms with Crippen molar-refractivity contribution < 1.29 is 32.2 Å². The Kier molecular flexibility index (Phi) is 6.83. The maximum Gasteiger partial charge on any atom is 0.429 e. The topological polar surface area (TPSA) is 44.8 Å². The van der Waals surface area contributed by atoms with Crippen molar-refractivity contribution in [2.24, 2.45) is 5.92 Å².